The summed E-state index contributed by atoms with van der Waals surface area (Å²) in [7, 11) is 1.48. The molecule has 0 bridgehead atoms. The van der Waals surface area contributed by atoms with Crippen LogP contribution in [-0.4, -0.2) is 13.7 Å². The van der Waals surface area contributed by atoms with Crippen LogP contribution in [0.2, 0.25) is 0 Å². The van der Waals surface area contributed by atoms with Crippen molar-refractivity contribution < 1.29 is 9.13 Å². The summed E-state index contributed by atoms with van der Waals surface area (Å²) in [5.74, 6) is -0.0413. The van der Waals surface area contributed by atoms with Crippen LogP contribution in [0, 0.1) is 19.7 Å². The van der Waals surface area contributed by atoms with Gasteiger partial charge in [0.15, 0.2) is 11.6 Å². The highest BCUT2D eigenvalue weighted by molar-refractivity contribution is 7.12. The summed E-state index contributed by atoms with van der Waals surface area (Å²) in [6.07, 6.45) is 0. The van der Waals surface area contributed by atoms with Gasteiger partial charge in [-0.15, -0.1) is 11.3 Å². The van der Waals surface area contributed by atoms with E-state index in [9.17, 15) is 4.39 Å². The number of halogens is 1. The molecule has 0 radical (unpaired) electrons. The molecule has 1 aromatic heterocycles. The fourth-order valence-electron chi connectivity index (χ4n) is 2.19. The van der Waals surface area contributed by atoms with Crippen molar-refractivity contribution in [3.05, 3.63) is 51.0 Å². The Kier molecular flexibility index (Phi) is 4.78. The molecule has 2 rings (SSSR count). The molecule has 1 aromatic carbocycles. The van der Waals surface area contributed by atoms with E-state index in [1.54, 1.807) is 23.5 Å². The van der Waals surface area contributed by atoms with Crippen LogP contribution in [0.4, 0.5) is 4.39 Å². The van der Waals surface area contributed by atoms with Gasteiger partial charge < -0.3 is 10.1 Å². The number of rotatable bonds is 5. The van der Waals surface area contributed by atoms with Gasteiger partial charge in [0.25, 0.3) is 0 Å². The first-order valence-electron chi connectivity index (χ1n) is 6.70. The molecule has 0 saturated carbocycles. The second-order valence-electron chi connectivity index (χ2n) is 4.77. The third kappa shape index (κ3) is 3.02. The van der Waals surface area contributed by atoms with Gasteiger partial charge in [-0.3, -0.25) is 0 Å². The summed E-state index contributed by atoms with van der Waals surface area (Å²) in [4.78, 5) is 2.52. The van der Waals surface area contributed by atoms with Gasteiger partial charge in [-0.25, -0.2) is 4.39 Å². The molecule has 1 N–H and O–H groups in total. The molecule has 0 spiro atoms. The Morgan fingerprint density at radius 1 is 1.30 bits per heavy atom. The van der Waals surface area contributed by atoms with Crippen molar-refractivity contribution in [2.75, 3.05) is 13.7 Å². The lowest BCUT2D eigenvalue weighted by Crippen LogP contribution is -2.21. The zero-order chi connectivity index (χ0) is 14.7. The van der Waals surface area contributed by atoms with Crippen LogP contribution < -0.4 is 10.1 Å². The summed E-state index contributed by atoms with van der Waals surface area (Å²) in [6, 6.07) is 7.35. The molecule has 108 valence electrons. The van der Waals surface area contributed by atoms with Gasteiger partial charge in [0.2, 0.25) is 0 Å². The number of aryl methyl sites for hydroxylation is 2. The Hall–Kier alpha value is -1.39. The Morgan fingerprint density at radius 3 is 2.55 bits per heavy atom. The summed E-state index contributed by atoms with van der Waals surface area (Å²) < 4.78 is 18.9. The highest BCUT2D eigenvalue weighted by Crippen LogP contribution is 2.32. The number of thiophene rings is 1. The first-order chi connectivity index (χ1) is 9.56. The van der Waals surface area contributed by atoms with E-state index in [0.717, 1.165) is 12.1 Å². The van der Waals surface area contributed by atoms with Gasteiger partial charge in [-0.2, -0.15) is 0 Å². The van der Waals surface area contributed by atoms with E-state index < -0.39 is 0 Å². The van der Waals surface area contributed by atoms with Gasteiger partial charge >= 0.3 is 0 Å². The second-order valence-corrected chi connectivity index (χ2v) is 6.06. The zero-order valence-electron chi connectivity index (χ0n) is 12.3. The number of benzene rings is 1. The van der Waals surface area contributed by atoms with Crippen molar-refractivity contribution in [1.29, 1.82) is 0 Å². The SMILES string of the molecule is CCNC(c1ccc(OC)c(F)c1)c1cc(C)c(C)s1. The Morgan fingerprint density at radius 2 is 2.05 bits per heavy atom. The van der Waals surface area contributed by atoms with E-state index in [2.05, 4.69) is 32.2 Å². The molecule has 0 saturated heterocycles. The fraction of sp³-hybridized carbons (Fsp3) is 0.375. The minimum absolute atomic E-state index is 0.0257. The number of methoxy groups -OCH3 is 1. The molecule has 0 aliphatic heterocycles. The minimum atomic E-state index is -0.321. The molecule has 0 aliphatic carbocycles. The average molecular weight is 293 g/mol. The summed E-state index contributed by atoms with van der Waals surface area (Å²) in [6.45, 7) is 7.10. The van der Waals surface area contributed by atoms with Gasteiger partial charge in [-0.1, -0.05) is 13.0 Å². The molecule has 0 amide bonds. The maximum absolute atomic E-state index is 13.9. The minimum Gasteiger partial charge on any atom is -0.494 e. The van der Waals surface area contributed by atoms with Crippen molar-refractivity contribution in [1.82, 2.24) is 5.32 Å². The van der Waals surface area contributed by atoms with Crippen LogP contribution >= 0.6 is 11.3 Å². The van der Waals surface area contributed by atoms with Crippen LogP contribution in [0.15, 0.2) is 24.3 Å². The van der Waals surface area contributed by atoms with Gasteiger partial charge in [0, 0.05) is 9.75 Å². The first-order valence-corrected chi connectivity index (χ1v) is 7.52. The predicted molar refractivity (Wildman–Crippen MR) is 82.3 cm³/mol. The third-order valence-electron chi connectivity index (χ3n) is 3.39. The maximum atomic E-state index is 13.9. The Balaban J connectivity index is 2.40. The monoisotopic (exact) mass is 293 g/mol. The Bertz CT molecular complexity index is 575. The standard InChI is InChI=1S/C16H20FNOS/c1-5-18-16(15-8-10(2)11(3)20-15)12-6-7-14(19-4)13(17)9-12/h6-9,16,18H,5H2,1-4H3. The van der Waals surface area contributed by atoms with E-state index in [1.165, 1.54) is 22.4 Å². The predicted octanol–water partition coefficient (Wildman–Crippen LogP) is 4.21. The molecule has 1 atom stereocenters. The largest absolute Gasteiger partial charge is 0.494 e. The number of ether oxygens (including phenoxy) is 1. The molecule has 0 fully saturated rings. The first kappa shape index (κ1) is 15.0. The van der Waals surface area contributed by atoms with E-state index in [4.69, 9.17) is 4.74 Å². The maximum Gasteiger partial charge on any atom is 0.165 e. The topological polar surface area (TPSA) is 21.3 Å². The smallest absolute Gasteiger partial charge is 0.165 e. The summed E-state index contributed by atoms with van der Waals surface area (Å²) in [5, 5.41) is 3.42. The Labute approximate surface area is 123 Å². The van der Waals surface area contributed by atoms with Crippen molar-refractivity contribution in [3.8, 4) is 5.75 Å². The van der Waals surface area contributed by atoms with E-state index in [-0.39, 0.29) is 17.6 Å². The van der Waals surface area contributed by atoms with E-state index >= 15 is 0 Å². The van der Waals surface area contributed by atoms with E-state index in [1.807, 2.05) is 6.07 Å². The van der Waals surface area contributed by atoms with Crippen LogP contribution in [0.1, 0.15) is 33.8 Å². The highest BCUT2D eigenvalue weighted by Gasteiger charge is 2.17. The van der Waals surface area contributed by atoms with Crippen LogP contribution in [0.5, 0.6) is 5.75 Å². The van der Waals surface area contributed by atoms with Crippen molar-refractivity contribution >= 4 is 11.3 Å². The van der Waals surface area contributed by atoms with Crippen LogP contribution in [-0.2, 0) is 0 Å². The molecule has 0 aliphatic rings. The number of nitrogens with one attached hydrogen (secondary N) is 1. The quantitative estimate of drug-likeness (QED) is 0.891. The van der Waals surface area contributed by atoms with E-state index in [0.29, 0.717) is 0 Å². The molecule has 20 heavy (non-hydrogen) atoms. The lowest BCUT2D eigenvalue weighted by Gasteiger charge is -2.17. The molecule has 1 heterocycles. The second kappa shape index (κ2) is 6.37. The third-order valence-corrected chi connectivity index (χ3v) is 4.60. The molecular weight excluding hydrogens is 273 g/mol. The van der Waals surface area contributed by atoms with Crippen molar-refractivity contribution in [3.63, 3.8) is 0 Å². The van der Waals surface area contributed by atoms with Crippen LogP contribution in [0.3, 0.4) is 0 Å². The lowest BCUT2D eigenvalue weighted by atomic mass is 10.0. The summed E-state index contributed by atoms with van der Waals surface area (Å²) >= 11 is 1.76. The van der Waals surface area contributed by atoms with Crippen molar-refractivity contribution in [2.45, 2.75) is 26.8 Å². The molecule has 2 nitrogen and oxygen atoms in total. The number of hydrogen-bond donors (Lipinski definition) is 1. The van der Waals surface area contributed by atoms with Gasteiger partial charge in [0.05, 0.1) is 13.2 Å². The van der Waals surface area contributed by atoms with Gasteiger partial charge in [-0.05, 0) is 49.7 Å². The molecule has 2 aromatic rings. The average Bonchev–Trinajstić information content (AvgIpc) is 2.75. The van der Waals surface area contributed by atoms with Gasteiger partial charge in [0.1, 0.15) is 0 Å². The summed E-state index contributed by atoms with van der Waals surface area (Å²) in [5.41, 5.74) is 2.20. The molecule has 4 heteroatoms. The molecular formula is C16H20FNOS. The number of hydrogen-bond acceptors (Lipinski definition) is 3. The van der Waals surface area contributed by atoms with Crippen LogP contribution in [0.25, 0.3) is 0 Å². The molecule has 1 unspecified atom stereocenters. The fourth-order valence-corrected chi connectivity index (χ4v) is 3.34. The lowest BCUT2D eigenvalue weighted by molar-refractivity contribution is 0.386. The normalized spacial score (nSPS) is 12.4. The van der Waals surface area contributed by atoms with Crippen molar-refractivity contribution in [2.24, 2.45) is 0 Å². The zero-order valence-corrected chi connectivity index (χ0v) is 13.1. The highest BCUT2D eigenvalue weighted by atomic mass is 32.1.